The molecule has 0 saturated heterocycles. The molecule has 6 nitrogen and oxygen atoms in total. The van der Waals surface area contributed by atoms with Crippen molar-refractivity contribution in [3.8, 4) is 0 Å². The zero-order valence-corrected chi connectivity index (χ0v) is 12.9. The van der Waals surface area contributed by atoms with Gasteiger partial charge in [0.05, 0.1) is 0 Å². The van der Waals surface area contributed by atoms with E-state index in [9.17, 15) is 4.79 Å². The van der Waals surface area contributed by atoms with Crippen LogP contribution in [0.2, 0.25) is 0 Å². The summed E-state index contributed by atoms with van der Waals surface area (Å²) >= 11 is 1.53. The Morgan fingerprint density at radius 1 is 1.42 bits per heavy atom. The van der Waals surface area contributed by atoms with Gasteiger partial charge in [0.25, 0.3) is 0 Å². The Bertz CT molecular complexity index is 414. The van der Waals surface area contributed by atoms with Crippen molar-refractivity contribution in [1.82, 2.24) is 15.5 Å². The van der Waals surface area contributed by atoms with Crippen molar-refractivity contribution in [3.63, 3.8) is 0 Å². The van der Waals surface area contributed by atoms with Crippen LogP contribution in [0.5, 0.6) is 0 Å². The van der Waals surface area contributed by atoms with Crippen LogP contribution in [-0.4, -0.2) is 34.5 Å². The number of nitrogens with one attached hydrogen (secondary N) is 2. The Hall–Kier alpha value is -1.37. The Morgan fingerprint density at radius 2 is 2.11 bits per heavy atom. The van der Waals surface area contributed by atoms with Crippen LogP contribution in [0.3, 0.4) is 0 Å². The Morgan fingerprint density at radius 3 is 2.63 bits per heavy atom. The normalized spacial score (nSPS) is 12.9. The van der Waals surface area contributed by atoms with Crippen molar-refractivity contribution in [2.45, 2.75) is 52.7 Å². The first-order valence-corrected chi connectivity index (χ1v) is 7.17. The summed E-state index contributed by atoms with van der Waals surface area (Å²) in [6, 6.07) is 0.0603. The van der Waals surface area contributed by atoms with Gasteiger partial charge in [-0.3, -0.25) is 0 Å². The minimum Gasteiger partial charge on any atom is -0.444 e. The molecule has 0 aliphatic heterocycles. The van der Waals surface area contributed by atoms with Crippen LogP contribution in [-0.2, 0) is 11.2 Å². The summed E-state index contributed by atoms with van der Waals surface area (Å²) in [5, 5.41) is 15.7. The van der Waals surface area contributed by atoms with Crippen LogP contribution in [0.1, 0.15) is 39.6 Å². The van der Waals surface area contributed by atoms with Gasteiger partial charge in [0.15, 0.2) is 0 Å². The maximum Gasteiger partial charge on any atom is 0.407 e. The Kier molecular flexibility index (Phi) is 5.53. The topological polar surface area (TPSA) is 76.1 Å². The minimum atomic E-state index is -0.476. The zero-order chi connectivity index (χ0) is 14.5. The molecule has 1 unspecified atom stereocenters. The van der Waals surface area contributed by atoms with Crippen LogP contribution in [0, 0.1) is 0 Å². The number of aryl methyl sites for hydroxylation is 1. The van der Waals surface area contributed by atoms with Gasteiger partial charge in [0.2, 0.25) is 5.13 Å². The number of anilines is 1. The number of alkyl carbamates (subject to hydrolysis) is 1. The molecule has 2 N–H and O–H groups in total. The smallest absolute Gasteiger partial charge is 0.407 e. The molecule has 108 valence electrons. The van der Waals surface area contributed by atoms with Crippen molar-refractivity contribution < 1.29 is 9.53 Å². The first-order valence-electron chi connectivity index (χ1n) is 6.36. The lowest BCUT2D eigenvalue weighted by Crippen LogP contribution is -2.38. The molecule has 0 saturated carbocycles. The average molecular weight is 286 g/mol. The number of hydrogen-bond donors (Lipinski definition) is 2. The van der Waals surface area contributed by atoms with E-state index in [2.05, 4.69) is 20.8 Å². The molecule has 0 radical (unpaired) electrons. The maximum absolute atomic E-state index is 11.5. The number of aromatic nitrogens is 2. The number of rotatable bonds is 5. The second-order valence-corrected chi connectivity index (χ2v) is 6.34. The van der Waals surface area contributed by atoms with Crippen molar-refractivity contribution in [2.75, 3.05) is 11.9 Å². The second-order valence-electron chi connectivity index (χ2n) is 5.28. The lowest BCUT2D eigenvalue weighted by molar-refractivity contribution is 0.0526. The molecule has 1 amide bonds. The summed E-state index contributed by atoms with van der Waals surface area (Å²) < 4.78 is 5.16. The first kappa shape index (κ1) is 15.7. The SMILES string of the molecule is CCc1nnc(NC(C)CNC(=O)OC(C)(C)C)s1. The molecule has 1 aromatic rings. The molecule has 7 heteroatoms. The summed E-state index contributed by atoms with van der Waals surface area (Å²) in [4.78, 5) is 11.5. The highest BCUT2D eigenvalue weighted by Crippen LogP contribution is 2.16. The molecule has 0 fully saturated rings. The van der Waals surface area contributed by atoms with Gasteiger partial charge in [-0.05, 0) is 34.1 Å². The molecule has 1 rings (SSSR count). The maximum atomic E-state index is 11.5. The summed E-state index contributed by atoms with van der Waals surface area (Å²) in [7, 11) is 0. The standard InChI is InChI=1S/C12H22N4O2S/c1-6-9-15-16-10(19-9)14-8(2)7-13-11(17)18-12(3,4)5/h8H,6-7H2,1-5H3,(H,13,17)(H,14,16). The van der Waals surface area contributed by atoms with Gasteiger partial charge in [-0.15, -0.1) is 10.2 Å². The fraction of sp³-hybridized carbons (Fsp3) is 0.750. The van der Waals surface area contributed by atoms with Crippen LogP contribution < -0.4 is 10.6 Å². The Labute approximate surface area is 118 Å². The molecule has 19 heavy (non-hydrogen) atoms. The van der Waals surface area contributed by atoms with Crippen LogP contribution in [0.4, 0.5) is 9.93 Å². The molecule has 1 aromatic heterocycles. The van der Waals surface area contributed by atoms with E-state index in [1.807, 2.05) is 34.6 Å². The van der Waals surface area contributed by atoms with E-state index in [4.69, 9.17) is 4.74 Å². The van der Waals surface area contributed by atoms with Crippen molar-refractivity contribution in [3.05, 3.63) is 5.01 Å². The second kappa shape index (κ2) is 6.70. The van der Waals surface area contributed by atoms with Gasteiger partial charge in [-0.2, -0.15) is 0 Å². The predicted octanol–water partition coefficient (Wildman–Crippen LogP) is 2.43. The third kappa shape index (κ3) is 6.37. The fourth-order valence-electron chi connectivity index (χ4n) is 1.27. The quantitative estimate of drug-likeness (QED) is 0.869. The molecular formula is C12H22N4O2S. The summed E-state index contributed by atoms with van der Waals surface area (Å²) in [5.41, 5.74) is -0.476. The molecule has 0 aliphatic carbocycles. The zero-order valence-electron chi connectivity index (χ0n) is 12.1. The molecule has 0 aliphatic rings. The third-order valence-electron chi connectivity index (χ3n) is 2.09. The summed E-state index contributed by atoms with van der Waals surface area (Å²) in [6.45, 7) is 9.98. The minimum absolute atomic E-state index is 0.0603. The van der Waals surface area contributed by atoms with E-state index >= 15 is 0 Å². The average Bonchev–Trinajstić information content (AvgIpc) is 2.72. The molecule has 1 atom stereocenters. The van der Waals surface area contributed by atoms with Gasteiger partial charge in [-0.25, -0.2) is 4.79 Å². The third-order valence-corrected chi connectivity index (χ3v) is 3.09. The van der Waals surface area contributed by atoms with Gasteiger partial charge in [0.1, 0.15) is 10.6 Å². The largest absolute Gasteiger partial charge is 0.444 e. The van der Waals surface area contributed by atoms with Crippen LogP contribution in [0.25, 0.3) is 0 Å². The van der Waals surface area contributed by atoms with Gasteiger partial charge in [0, 0.05) is 12.6 Å². The number of carbonyl (C=O) groups excluding carboxylic acids is 1. The van der Waals surface area contributed by atoms with Crippen LogP contribution >= 0.6 is 11.3 Å². The van der Waals surface area contributed by atoms with E-state index in [1.165, 1.54) is 11.3 Å². The summed E-state index contributed by atoms with van der Waals surface area (Å²) in [5.74, 6) is 0. The monoisotopic (exact) mass is 286 g/mol. The molecule has 0 bridgehead atoms. The fourth-order valence-corrected chi connectivity index (χ4v) is 2.06. The van der Waals surface area contributed by atoms with E-state index < -0.39 is 11.7 Å². The highest BCUT2D eigenvalue weighted by molar-refractivity contribution is 7.15. The van der Waals surface area contributed by atoms with E-state index in [0.29, 0.717) is 6.54 Å². The number of ether oxygens (including phenoxy) is 1. The lowest BCUT2D eigenvalue weighted by atomic mass is 10.2. The predicted molar refractivity (Wildman–Crippen MR) is 76.6 cm³/mol. The van der Waals surface area contributed by atoms with Crippen LogP contribution in [0.15, 0.2) is 0 Å². The number of amides is 1. The summed E-state index contributed by atoms with van der Waals surface area (Å²) in [6.07, 6.45) is 0.469. The van der Waals surface area contributed by atoms with E-state index in [1.54, 1.807) is 0 Å². The molecule has 0 spiro atoms. The van der Waals surface area contributed by atoms with E-state index in [0.717, 1.165) is 16.6 Å². The van der Waals surface area contributed by atoms with Crippen molar-refractivity contribution in [1.29, 1.82) is 0 Å². The lowest BCUT2D eigenvalue weighted by Gasteiger charge is -2.21. The van der Waals surface area contributed by atoms with E-state index in [-0.39, 0.29) is 6.04 Å². The van der Waals surface area contributed by atoms with Gasteiger partial charge in [-0.1, -0.05) is 18.3 Å². The van der Waals surface area contributed by atoms with Crippen molar-refractivity contribution >= 4 is 22.6 Å². The van der Waals surface area contributed by atoms with Crippen molar-refractivity contribution in [2.24, 2.45) is 0 Å². The van der Waals surface area contributed by atoms with Gasteiger partial charge >= 0.3 is 6.09 Å². The van der Waals surface area contributed by atoms with Gasteiger partial charge < -0.3 is 15.4 Å². The highest BCUT2D eigenvalue weighted by atomic mass is 32.1. The molecule has 1 heterocycles. The molecule has 0 aromatic carbocycles. The number of nitrogens with zero attached hydrogens (tertiary/aromatic N) is 2. The molecular weight excluding hydrogens is 264 g/mol. The Balaban J connectivity index is 2.31. The highest BCUT2D eigenvalue weighted by Gasteiger charge is 2.16. The first-order chi connectivity index (χ1) is 8.80. The number of carbonyl (C=O) groups is 1. The number of hydrogen-bond acceptors (Lipinski definition) is 6.